The number of amides is 2. The van der Waals surface area contributed by atoms with Gasteiger partial charge in [0.15, 0.2) is 0 Å². The number of carbonyl (C=O) groups is 2. The van der Waals surface area contributed by atoms with Crippen molar-refractivity contribution in [2.75, 3.05) is 25.0 Å². The van der Waals surface area contributed by atoms with Gasteiger partial charge in [0.2, 0.25) is 5.91 Å². The number of likely N-dealkylation sites (tertiary alicyclic amines) is 1. The van der Waals surface area contributed by atoms with E-state index in [0.717, 1.165) is 44.5 Å². The lowest BCUT2D eigenvalue weighted by molar-refractivity contribution is -0.385. The third-order valence-electron chi connectivity index (χ3n) is 5.59. The fraction of sp³-hybridized carbons (Fsp3) is 0.364. The predicted octanol–water partition coefficient (Wildman–Crippen LogP) is 2.90. The van der Waals surface area contributed by atoms with Crippen LogP contribution in [-0.4, -0.2) is 41.3 Å². The number of nitrogens with zero attached hydrogens (tertiary/aromatic N) is 2. The van der Waals surface area contributed by atoms with Crippen LogP contribution in [0.4, 0.5) is 11.4 Å². The number of benzene rings is 2. The lowest BCUT2D eigenvalue weighted by Crippen LogP contribution is -2.39. The van der Waals surface area contributed by atoms with Crippen LogP contribution in [0.5, 0.6) is 0 Å². The Morgan fingerprint density at radius 1 is 1.17 bits per heavy atom. The Balaban J connectivity index is 1.52. The second kappa shape index (κ2) is 9.49. The summed E-state index contributed by atoms with van der Waals surface area (Å²) in [5.74, 6) is -0.588. The van der Waals surface area contributed by atoms with Crippen LogP contribution in [0.3, 0.4) is 0 Å². The van der Waals surface area contributed by atoms with Gasteiger partial charge in [-0.15, -0.1) is 0 Å². The van der Waals surface area contributed by atoms with Gasteiger partial charge in [-0.05, 0) is 63.0 Å². The molecule has 0 unspecified atom stereocenters. The SMILES string of the molecule is Cc1ccc(C(=O)Nc2ccc(CCN3CCC(C(N)=O)CC3)cc2)cc1[N+](=O)[O-]. The number of nitro groups is 1. The maximum absolute atomic E-state index is 12.4. The third-order valence-corrected chi connectivity index (χ3v) is 5.59. The molecule has 30 heavy (non-hydrogen) atoms. The van der Waals surface area contributed by atoms with Gasteiger partial charge >= 0.3 is 0 Å². The summed E-state index contributed by atoms with van der Waals surface area (Å²) in [6.07, 6.45) is 2.51. The fourth-order valence-corrected chi connectivity index (χ4v) is 3.63. The van der Waals surface area contributed by atoms with Gasteiger partial charge in [-0.1, -0.05) is 18.2 Å². The summed E-state index contributed by atoms with van der Waals surface area (Å²) < 4.78 is 0. The Hall–Kier alpha value is -3.26. The molecule has 0 aliphatic carbocycles. The van der Waals surface area contributed by atoms with Gasteiger partial charge < -0.3 is 16.0 Å². The average Bonchev–Trinajstić information content (AvgIpc) is 2.73. The second-order valence-corrected chi connectivity index (χ2v) is 7.68. The van der Waals surface area contributed by atoms with Gasteiger partial charge in [-0.25, -0.2) is 0 Å². The molecular weight excluding hydrogens is 384 g/mol. The molecule has 0 aromatic heterocycles. The molecule has 3 N–H and O–H groups in total. The van der Waals surface area contributed by atoms with Gasteiger partial charge in [0.05, 0.1) is 4.92 Å². The van der Waals surface area contributed by atoms with E-state index in [0.29, 0.717) is 11.3 Å². The molecule has 1 saturated heterocycles. The van der Waals surface area contributed by atoms with Gasteiger partial charge in [0.25, 0.3) is 11.6 Å². The quantitative estimate of drug-likeness (QED) is 0.537. The monoisotopic (exact) mass is 410 g/mol. The van der Waals surface area contributed by atoms with Crippen LogP contribution in [0.2, 0.25) is 0 Å². The van der Waals surface area contributed by atoms with E-state index in [9.17, 15) is 19.7 Å². The Labute approximate surface area is 175 Å². The molecule has 8 heteroatoms. The van der Waals surface area contributed by atoms with E-state index < -0.39 is 4.92 Å². The highest BCUT2D eigenvalue weighted by Crippen LogP contribution is 2.21. The van der Waals surface area contributed by atoms with Crippen molar-refractivity contribution < 1.29 is 14.5 Å². The molecule has 0 bridgehead atoms. The highest BCUT2D eigenvalue weighted by Gasteiger charge is 2.22. The van der Waals surface area contributed by atoms with Crippen molar-refractivity contribution >= 4 is 23.2 Å². The van der Waals surface area contributed by atoms with Crippen molar-refractivity contribution in [3.05, 3.63) is 69.3 Å². The van der Waals surface area contributed by atoms with Crippen LogP contribution < -0.4 is 11.1 Å². The van der Waals surface area contributed by atoms with Crippen molar-refractivity contribution in [2.45, 2.75) is 26.2 Å². The molecule has 8 nitrogen and oxygen atoms in total. The smallest absolute Gasteiger partial charge is 0.273 e. The van der Waals surface area contributed by atoms with Gasteiger partial charge in [-0.2, -0.15) is 0 Å². The van der Waals surface area contributed by atoms with Crippen LogP contribution >= 0.6 is 0 Å². The van der Waals surface area contributed by atoms with E-state index in [-0.39, 0.29) is 29.0 Å². The van der Waals surface area contributed by atoms with E-state index in [2.05, 4.69) is 10.2 Å². The Kier molecular flexibility index (Phi) is 6.79. The van der Waals surface area contributed by atoms with Crippen LogP contribution in [-0.2, 0) is 11.2 Å². The van der Waals surface area contributed by atoms with Crippen molar-refractivity contribution in [1.29, 1.82) is 0 Å². The lowest BCUT2D eigenvalue weighted by atomic mass is 9.96. The first-order chi connectivity index (χ1) is 14.3. The molecule has 1 aliphatic heterocycles. The van der Waals surface area contributed by atoms with E-state index >= 15 is 0 Å². The van der Waals surface area contributed by atoms with Crippen LogP contribution in [0, 0.1) is 23.0 Å². The highest BCUT2D eigenvalue weighted by molar-refractivity contribution is 6.04. The molecule has 158 valence electrons. The summed E-state index contributed by atoms with van der Waals surface area (Å²) in [6.45, 7) is 4.30. The Morgan fingerprint density at radius 3 is 2.43 bits per heavy atom. The molecule has 0 atom stereocenters. The number of nitrogens with one attached hydrogen (secondary N) is 1. The normalized spacial score (nSPS) is 15.0. The van der Waals surface area contributed by atoms with Gasteiger partial charge in [0, 0.05) is 35.3 Å². The summed E-state index contributed by atoms with van der Waals surface area (Å²) in [6, 6.07) is 12.0. The summed E-state index contributed by atoms with van der Waals surface area (Å²) in [7, 11) is 0. The second-order valence-electron chi connectivity index (χ2n) is 7.68. The number of anilines is 1. The number of hydrogen-bond acceptors (Lipinski definition) is 5. The van der Waals surface area contributed by atoms with Crippen LogP contribution in [0.15, 0.2) is 42.5 Å². The minimum atomic E-state index is -0.489. The summed E-state index contributed by atoms with van der Waals surface area (Å²) >= 11 is 0. The molecule has 2 aromatic rings. The summed E-state index contributed by atoms with van der Waals surface area (Å²) in [5, 5.41) is 13.8. The van der Waals surface area contributed by atoms with Gasteiger partial charge in [-0.3, -0.25) is 19.7 Å². The number of nitrogens with two attached hydrogens (primary N) is 1. The van der Waals surface area contributed by atoms with Gasteiger partial charge in [0.1, 0.15) is 0 Å². The fourth-order valence-electron chi connectivity index (χ4n) is 3.63. The van der Waals surface area contributed by atoms with Crippen molar-refractivity contribution in [2.24, 2.45) is 11.7 Å². The molecule has 0 radical (unpaired) electrons. The molecule has 3 rings (SSSR count). The molecule has 1 heterocycles. The predicted molar refractivity (Wildman–Crippen MR) is 114 cm³/mol. The minimum Gasteiger partial charge on any atom is -0.369 e. The summed E-state index contributed by atoms with van der Waals surface area (Å²) in [4.78, 5) is 36.6. The Morgan fingerprint density at radius 2 is 1.83 bits per heavy atom. The lowest BCUT2D eigenvalue weighted by Gasteiger charge is -2.30. The van der Waals surface area contributed by atoms with Crippen LogP contribution in [0.1, 0.15) is 34.3 Å². The first kappa shape index (κ1) is 21.4. The topological polar surface area (TPSA) is 119 Å². The maximum atomic E-state index is 12.4. The average molecular weight is 410 g/mol. The van der Waals surface area contributed by atoms with Crippen molar-refractivity contribution in [3.8, 4) is 0 Å². The first-order valence-corrected chi connectivity index (χ1v) is 10.0. The minimum absolute atomic E-state index is 0.000825. The van der Waals surface area contributed by atoms with Crippen molar-refractivity contribution in [3.63, 3.8) is 0 Å². The number of primary amides is 1. The number of hydrogen-bond donors (Lipinski definition) is 2. The van der Waals surface area contributed by atoms with E-state index in [4.69, 9.17) is 5.73 Å². The molecule has 0 saturated carbocycles. The molecule has 0 spiro atoms. The third kappa shape index (κ3) is 5.42. The standard InChI is InChI=1S/C22H26N4O4/c1-15-2-5-18(14-20(15)26(29)30)22(28)24-19-6-3-16(4-7-19)8-11-25-12-9-17(10-13-25)21(23)27/h2-7,14,17H,8-13H2,1H3,(H2,23,27)(H,24,28). The number of aryl methyl sites for hydroxylation is 1. The highest BCUT2D eigenvalue weighted by atomic mass is 16.6. The zero-order chi connectivity index (χ0) is 21.7. The maximum Gasteiger partial charge on any atom is 0.273 e. The van der Waals surface area contributed by atoms with Crippen molar-refractivity contribution in [1.82, 2.24) is 4.90 Å². The number of carbonyl (C=O) groups excluding carboxylic acids is 2. The van der Waals surface area contributed by atoms with E-state index in [1.54, 1.807) is 19.1 Å². The zero-order valence-electron chi connectivity index (χ0n) is 17.0. The number of rotatable bonds is 7. The number of piperidine rings is 1. The molecule has 1 fully saturated rings. The zero-order valence-corrected chi connectivity index (χ0v) is 17.0. The number of nitro benzene ring substituents is 1. The molecular formula is C22H26N4O4. The Bertz CT molecular complexity index is 935. The molecule has 2 amide bonds. The van der Waals surface area contributed by atoms with E-state index in [1.165, 1.54) is 6.07 Å². The molecule has 1 aliphatic rings. The summed E-state index contributed by atoms with van der Waals surface area (Å²) in [5.41, 5.74) is 7.84. The largest absolute Gasteiger partial charge is 0.369 e. The van der Waals surface area contributed by atoms with Crippen LogP contribution in [0.25, 0.3) is 0 Å². The first-order valence-electron chi connectivity index (χ1n) is 10.0. The molecule has 2 aromatic carbocycles. The van der Waals surface area contributed by atoms with E-state index in [1.807, 2.05) is 24.3 Å².